The van der Waals surface area contributed by atoms with E-state index >= 15 is 0 Å². The molecule has 0 aliphatic carbocycles. The first-order valence-electron chi connectivity index (χ1n) is 5.04. The highest BCUT2D eigenvalue weighted by Gasteiger charge is 2.26. The Morgan fingerprint density at radius 2 is 2.08 bits per heavy atom. The highest BCUT2D eigenvalue weighted by Crippen LogP contribution is 2.19. The van der Waals surface area contributed by atoms with Crippen LogP contribution in [0.4, 0.5) is 0 Å². The van der Waals surface area contributed by atoms with E-state index in [4.69, 9.17) is 0 Å². The van der Waals surface area contributed by atoms with Crippen molar-refractivity contribution in [2.24, 2.45) is 4.99 Å². The summed E-state index contributed by atoms with van der Waals surface area (Å²) >= 11 is 0. The van der Waals surface area contributed by atoms with E-state index in [1.165, 1.54) is 0 Å². The molecule has 13 heavy (non-hydrogen) atoms. The normalized spacial score (nSPS) is 19.2. The minimum atomic E-state index is -0.0771. The molecule has 74 valence electrons. The summed E-state index contributed by atoms with van der Waals surface area (Å²) in [5, 5.41) is 6.69. The lowest BCUT2D eigenvalue weighted by atomic mass is 10.0. The molecule has 1 aliphatic heterocycles. The SMILES string of the molecule is CCNC1=CC=NC(CC)(CC)N1. The van der Waals surface area contributed by atoms with Gasteiger partial charge in [-0.1, -0.05) is 13.8 Å². The van der Waals surface area contributed by atoms with Crippen molar-refractivity contribution in [3.63, 3.8) is 0 Å². The summed E-state index contributed by atoms with van der Waals surface area (Å²) in [5.74, 6) is 1.08. The Hall–Kier alpha value is -0.990. The zero-order valence-corrected chi connectivity index (χ0v) is 8.72. The Labute approximate surface area is 80.3 Å². The van der Waals surface area contributed by atoms with Crippen molar-refractivity contribution in [3.8, 4) is 0 Å². The molecule has 0 bridgehead atoms. The largest absolute Gasteiger partial charge is 0.372 e. The Morgan fingerprint density at radius 3 is 2.62 bits per heavy atom. The zero-order chi connectivity index (χ0) is 9.73. The predicted octanol–water partition coefficient (Wildman–Crippen LogP) is 1.63. The third kappa shape index (κ3) is 2.23. The molecule has 0 aromatic carbocycles. The minimum Gasteiger partial charge on any atom is -0.372 e. The summed E-state index contributed by atoms with van der Waals surface area (Å²) in [6.45, 7) is 7.34. The second-order valence-corrected chi connectivity index (χ2v) is 3.25. The molecule has 0 spiro atoms. The van der Waals surface area contributed by atoms with Crippen molar-refractivity contribution in [1.29, 1.82) is 0 Å². The van der Waals surface area contributed by atoms with Crippen LogP contribution in [0.25, 0.3) is 0 Å². The Morgan fingerprint density at radius 1 is 1.38 bits per heavy atom. The Balaban J connectivity index is 2.66. The molecule has 2 N–H and O–H groups in total. The fourth-order valence-electron chi connectivity index (χ4n) is 1.48. The van der Waals surface area contributed by atoms with E-state index in [2.05, 4.69) is 36.4 Å². The van der Waals surface area contributed by atoms with Gasteiger partial charge in [-0.3, -0.25) is 4.99 Å². The van der Waals surface area contributed by atoms with Crippen molar-refractivity contribution < 1.29 is 0 Å². The van der Waals surface area contributed by atoms with Crippen LogP contribution in [0, 0.1) is 0 Å². The maximum absolute atomic E-state index is 4.48. The molecule has 3 heteroatoms. The molecule has 0 fully saturated rings. The smallest absolute Gasteiger partial charge is 0.130 e. The molecule has 0 atom stereocenters. The summed E-state index contributed by atoms with van der Waals surface area (Å²) in [4.78, 5) is 4.48. The maximum atomic E-state index is 4.48. The summed E-state index contributed by atoms with van der Waals surface area (Å²) in [5.41, 5.74) is -0.0771. The van der Waals surface area contributed by atoms with Gasteiger partial charge in [0.25, 0.3) is 0 Å². The molecule has 3 nitrogen and oxygen atoms in total. The molecule has 0 unspecified atom stereocenters. The predicted molar refractivity (Wildman–Crippen MR) is 56.7 cm³/mol. The molecular weight excluding hydrogens is 162 g/mol. The highest BCUT2D eigenvalue weighted by atomic mass is 15.2. The quantitative estimate of drug-likeness (QED) is 0.691. The molecule has 0 aromatic heterocycles. The average molecular weight is 181 g/mol. The fourth-order valence-corrected chi connectivity index (χ4v) is 1.48. The van der Waals surface area contributed by atoms with Gasteiger partial charge in [0.1, 0.15) is 11.5 Å². The van der Waals surface area contributed by atoms with Gasteiger partial charge in [-0.05, 0) is 25.8 Å². The number of nitrogens with zero attached hydrogens (tertiary/aromatic N) is 1. The van der Waals surface area contributed by atoms with E-state index < -0.39 is 0 Å². The standard InChI is InChI=1S/C10H19N3/c1-4-10(5-2)12-8-7-9(13-10)11-6-3/h7-8,11,13H,4-6H2,1-3H3. The second-order valence-electron chi connectivity index (χ2n) is 3.25. The van der Waals surface area contributed by atoms with Gasteiger partial charge in [0.05, 0.1) is 0 Å². The van der Waals surface area contributed by atoms with Gasteiger partial charge < -0.3 is 10.6 Å². The van der Waals surface area contributed by atoms with Gasteiger partial charge in [0.2, 0.25) is 0 Å². The van der Waals surface area contributed by atoms with Gasteiger partial charge in [0, 0.05) is 12.8 Å². The monoisotopic (exact) mass is 181 g/mol. The number of rotatable bonds is 4. The van der Waals surface area contributed by atoms with Crippen LogP contribution >= 0.6 is 0 Å². The molecule has 0 saturated heterocycles. The lowest BCUT2D eigenvalue weighted by Gasteiger charge is -2.33. The van der Waals surface area contributed by atoms with Gasteiger partial charge in [0.15, 0.2) is 0 Å². The number of allylic oxidation sites excluding steroid dienone is 1. The Kier molecular flexibility index (Phi) is 3.34. The van der Waals surface area contributed by atoms with E-state index in [1.54, 1.807) is 0 Å². The van der Waals surface area contributed by atoms with E-state index in [0.717, 1.165) is 25.2 Å². The minimum absolute atomic E-state index is 0.0771. The first-order chi connectivity index (χ1) is 6.26. The molecular formula is C10H19N3. The van der Waals surface area contributed by atoms with E-state index in [0.29, 0.717) is 0 Å². The van der Waals surface area contributed by atoms with Crippen molar-refractivity contribution >= 4 is 6.21 Å². The lowest BCUT2D eigenvalue weighted by Crippen LogP contribution is -2.47. The average Bonchev–Trinajstić information content (AvgIpc) is 2.19. The molecule has 1 heterocycles. The van der Waals surface area contributed by atoms with Gasteiger partial charge >= 0.3 is 0 Å². The zero-order valence-electron chi connectivity index (χ0n) is 8.72. The summed E-state index contributed by atoms with van der Waals surface area (Å²) in [6.07, 6.45) is 5.90. The van der Waals surface area contributed by atoms with Crippen LogP contribution in [0.5, 0.6) is 0 Å². The summed E-state index contributed by atoms with van der Waals surface area (Å²) < 4.78 is 0. The van der Waals surface area contributed by atoms with E-state index in [1.807, 2.05) is 12.3 Å². The van der Waals surface area contributed by atoms with E-state index in [-0.39, 0.29) is 5.66 Å². The first-order valence-corrected chi connectivity index (χ1v) is 5.04. The van der Waals surface area contributed by atoms with Crippen molar-refractivity contribution in [2.45, 2.75) is 39.3 Å². The molecule has 0 radical (unpaired) electrons. The van der Waals surface area contributed by atoms with Gasteiger partial charge in [-0.25, -0.2) is 0 Å². The van der Waals surface area contributed by atoms with Crippen LogP contribution in [-0.4, -0.2) is 18.4 Å². The van der Waals surface area contributed by atoms with Crippen molar-refractivity contribution in [3.05, 3.63) is 11.9 Å². The van der Waals surface area contributed by atoms with Crippen molar-refractivity contribution in [1.82, 2.24) is 10.6 Å². The van der Waals surface area contributed by atoms with Crippen LogP contribution in [0.3, 0.4) is 0 Å². The maximum Gasteiger partial charge on any atom is 0.130 e. The Bertz CT molecular complexity index is 214. The first kappa shape index (κ1) is 10.1. The van der Waals surface area contributed by atoms with Crippen LogP contribution in [0.2, 0.25) is 0 Å². The van der Waals surface area contributed by atoms with Crippen LogP contribution in [-0.2, 0) is 0 Å². The number of aliphatic imine (C=N–C) groups is 1. The molecule has 0 aromatic rings. The molecule has 0 saturated carbocycles. The summed E-state index contributed by atoms with van der Waals surface area (Å²) in [7, 11) is 0. The number of hydrogen-bond acceptors (Lipinski definition) is 3. The topological polar surface area (TPSA) is 36.4 Å². The van der Waals surface area contributed by atoms with Gasteiger partial charge in [-0.2, -0.15) is 0 Å². The lowest BCUT2D eigenvalue weighted by molar-refractivity contribution is 0.333. The van der Waals surface area contributed by atoms with E-state index in [9.17, 15) is 0 Å². The molecule has 1 aliphatic rings. The fraction of sp³-hybridized carbons (Fsp3) is 0.700. The summed E-state index contributed by atoms with van der Waals surface area (Å²) in [6, 6.07) is 0. The second kappa shape index (κ2) is 4.30. The van der Waals surface area contributed by atoms with Crippen LogP contribution < -0.4 is 10.6 Å². The molecule has 1 rings (SSSR count). The van der Waals surface area contributed by atoms with Gasteiger partial charge in [-0.15, -0.1) is 0 Å². The number of nitrogens with one attached hydrogen (secondary N) is 2. The van der Waals surface area contributed by atoms with Crippen LogP contribution in [0.1, 0.15) is 33.6 Å². The highest BCUT2D eigenvalue weighted by molar-refractivity contribution is 5.73. The third-order valence-electron chi connectivity index (χ3n) is 2.47. The molecule has 0 amide bonds. The van der Waals surface area contributed by atoms with Crippen LogP contribution in [0.15, 0.2) is 16.9 Å². The number of hydrogen-bond donors (Lipinski definition) is 2. The third-order valence-corrected chi connectivity index (χ3v) is 2.47. The van der Waals surface area contributed by atoms with Crippen molar-refractivity contribution in [2.75, 3.05) is 6.54 Å².